The van der Waals surface area contributed by atoms with Crippen molar-refractivity contribution >= 4 is 16.9 Å². The van der Waals surface area contributed by atoms with E-state index < -0.39 is 5.60 Å². The molecular weight excluding hydrogens is 502 g/mol. The predicted molar refractivity (Wildman–Crippen MR) is 154 cm³/mol. The minimum atomic E-state index is -1.08. The number of carbonyl (C=O) groups excluding carboxylic acids is 1. The summed E-state index contributed by atoms with van der Waals surface area (Å²) in [6.45, 7) is 3.65. The zero-order valence-electron chi connectivity index (χ0n) is 22.6. The van der Waals surface area contributed by atoms with Crippen molar-refractivity contribution in [2.75, 3.05) is 26.2 Å². The Morgan fingerprint density at radius 3 is 2.40 bits per heavy atom. The highest BCUT2D eigenvalue weighted by Gasteiger charge is 2.40. The summed E-state index contributed by atoms with van der Waals surface area (Å²) >= 11 is 0. The van der Waals surface area contributed by atoms with Crippen molar-refractivity contribution < 1.29 is 9.90 Å². The number of fused-ring (bicyclic) bond motifs is 1. The van der Waals surface area contributed by atoms with Gasteiger partial charge in [-0.3, -0.25) is 19.1 Å². The molecule has 1 amide bonds. The molecule has 6 rings (SSSR count). The molecule has 2 aliphatic rings. The summed E-state index contributed by atoms with van der Waals surface area (Å²) in [7, 11) is 0. The van der Waals surface area contributed by atoms with Crippen LogP contribution in [0.3, 0.4) is 0 Å². The lowest BCUT2D eigenvalue weighted by Crippen LogP contribution is -2.53. The molecule has 0 spiro atoms. The minimum absolute atomic E-state index is 0.0982. The number of hydrogen-bond acceptors (Lipinski definition) is 6. The molecule has 0 aliphatic carbocycles. The Balaban J connectivity index is 1.13. The third-order valence-electron chi connectivity index (χ3n) is 8.55. The van der Waals surface area contributed by atoms with Crippen molar-refractivity contribution in [3.05, 3.63) is 107 Å². The molecule has 2 atom stereocenters. The second-order valence-corrected chi connectivity index (χ2v) is 11.2. The summed E-state index contributed by atoms with van der Waals surface area (Å²) in [5.41, 5.74) is 1.98. The molecular formula is C32H35N5O3. The van der Waals surface area contributed by atoms with Gasteiger partial charge in [-0.1, -0.05) is 60.7 Å². The van der Waals surface area contributed by atoms with E-state index >= 15 is 0 Å². The number of benzene rings is 2. The SMILES string of the molecule is O=C(C1CCN(Cc2ccccc2)CC1c1ccccc1)N1CCC(O)(Cn2cnc3cccnc3c2=O)CC1. The van der Waals surface area contributed by atoms with E-state index in [1.54, 1.807) is 18.3 Å². The highest BCUT2D eigenvalue weighted by molar-refractivity contribution is 5.80. The van der Waals surface area contributed by atoms with Gasteiger partial charge < -0.3 is 10.0 Å². The Kier molecular flexibility index (Phi) is 7.45. The van der Waals surface area contributed by atoms with E-state index in [4.69, 9.17) is 0 Å². The van der Waals surface area contributed by atoms with Crippen molar-refractivity contribution in [3.63, 3.8) is 0 Å². The van der Waals surface area contributed by atoms with E-state index in [1.165, 1.54) is 22.0 Å². The molecule has 0 saturated carbocycles. The van der Waals surface area contributed by atoms with Crippen LogP contribution in [0.4, 0.5) is 0 Å². The Morgan fingerprint density at radius 2 is 1.65 bits per heavy atom. The Labute approximate surface area is 233 Å². The zero-order valence-corrected chi connectivity index (χ0v) is 22.6. The van der Waals surface area contributed by atoms with E-state index in [1.807, 2.05) is 29.2 Å². The minimum Gasteiger partial charge on any atom is -0.388 e. The Bertz CT molecular complexity index is 1520. The normalized spacial score (nSPS) is 21.4. The number of carbonyl (C=O) groups is 1. The van der Waals surface area contributed by atoms with E-state index in [0.29, 0.717) is 37.0 Å². The van der Waals surface area contributed by atoms with Crippen LogP contribution in [-0.4, -0.2) is 67.1 Å². The van der Waals surface area contributed by atoms with Gasteiger partial charge in [0.25, 0.3) is 5.56 Å². The topological polar surface area (TPSA) is 91.6 Å². The fourth-order valence-corrected chi connectivity index (χ4v) is 6.29. The number of pyridine rings is 1. The number of aliphatic hydroxyl groups is 1. The first-order chi connectivity index (χ1) is 19.5. The highest BCUT2D eigenvalue weighted by Crippen LogP contribution is 2.36. The van der Waals surface area contributed by atoms with Crippen LogP contribution in [0.1, 0.15) is 36.3 Å². The number of piperidine rings is 2. The summed E-state index contributed by atoms with van der Waals surface area (Å²) in [4.78, 5) is 39.7. The highest BCUT2D eigenvalue weighted by atomic mass is 16.3. The average Bonchev–Trinajstić information content (AvgIpc) is 3.00. The largest absolute Gasteiger partial charge is 0.388 e. The fourth-order valence-electron chi connectivity index (χ4n) is 6.29. The molecule has 2 aliphatic heterocycles. The van der Waals surface area contributed by atoms with Gasteiger partial charge in [0.15, 0.2) is 5.52 Å². The Hall–Kier alpha value is -3.88. The molecule has 2 saturated heterocycles. The van der Waals surface area contributed by atoms with Crippen LogP contribution in [0.15, 0.2) is 90.1 Å². The van der Waals surface area contributed by atoms with Gasteiger partial charge in [0.2, 0.25) is 5.91 Å². The van der Waals surface area contributed by atoms with Gasteiger partial charge in [-0.25, -0.2) is 9.97 Å². The molecule has 4 heterocycles. The van der Waals surface area contributed by atoms with Crippen molar-refractivity contribution in [1.82, 2.24) is 24.3 Å². The van der Waals surface area contributed by atoms with Crippen molar-refractivity contribution in [3.8, 4) is 0 Å². The van der Waals surface area contributed by atoms with Crippen LogP contribution < -0.4 is 5.56 Å². The number of amides is 1. The number of rotatable bonds is 6. The standard InChI is InChI=1S/C32H35N5O3/c38-30(26-13-17-35(20-24-8-3-1-4-9-24)21-27(26)25-10-5-2-6-11-25)36-18-14-32(40,15-19-36)22-37-23-34-28-12-7-16-33-29(28)31(37)39/h1-12,16,23,26-27,40H,13-15,17-22H2. The van der Waals surface area contributed by atoms with Gasteiger partial charge in [-0.2, -0.15) is 0 Å². The molecule has 2 aromatic carbocycles. The Morgan fingerprint density at radius 1 is 0.925 bits per heavy atom. The zero-order chi connectivity index (χ0) is 27.5. The molecule has 4 aromatic rings. The lowest BCUT2D eigenvalue weighted by Gasteiger charge is -2.43. The third-order valence-corrected chi connectivity index (χ3v) is 8.55. The van der Waals surface area contributed by atoms with Crippen LogP contribution in [0.2, 0.25) is 0 Å². The smallest absolute Gasteiger partial charge is 0.279 e. The second kappa shape index (κ2) is 11.3. The van der Waals surface area contributed by atoms with E-state index in [9.17, 15) is 14.7 Å². The first-order valence-corrected chi connectivity index (χ1v) is 14.1. The van der Waals surface area contributed by atoms with Crippen molar-refractivity contribution in [1.29, 1.82) is 0 Å². The molecule has 2 fully saturated rings. The van der Waals surface area contributed by atoms with Crippen LogP contribution in [0.25, 0.3) is 11.0 Å². The van der Waals surface area contributed by atoms with Gasteiger partial charge in [0.1, 0.15) is 0 Å². The molecule has 40 heavy (non-hydrogen) atoms. The molecule has 0 bridgehead atoms. The van der Waals surface area contributed by atoms with Gasteiger partial charge in [0, 0.05) is 44.2 Å². The maximum absolute atomic E-state index is 13.9. The summed E-state index contributed by atoms with van der Waals surface area (Å²) in [5, 5.41) is 11.4. The summed E-state index contributed by atoms with van der Waals surface area (Å²) < 4.78 is 1.45. The van der Waals surface area contributed by atoms with Crippen LogP contribution in [0, 0.1) is 5.92 Å². The quantitative estimate of drug-likeness (QED) is 0.405. The molecule has 0 radical (unpaired) electrons. The summed E-state index contributed by atoms with van der Waals surface area (Å²) in [5.74, 6) is 0.185. The summed E-state index contributed by atoms with van der Waals surface area (Å²) in [6.07, 6.45) is 4.68. The number of nitrogens with zero attached hydrogens (tertiary/aromatic N) is 5. The first-order valence-electron chi connectivity index (χ1n) is 14.1. The fraction of sp³-hybridized carbons (Fsp3) is 0.375. The van der Waals surface area contributed by atoms with Gasteiger partial charge in [-0.15, -0.1) is 0 Å². The number of hydrogen-bond donors (Lipinski definition) is 1. The van der Waals surface area contributed by atoms with Gasteiger partial charge in [-0.05, 0) is 49.1 Å². The lowest BCUT2D eigenvalue weighted by atomic mass is 9.79. The summed E-state index contributed by atoms with van der Waals surface area (Å²) in [6, 6.07) is 24.4. The van der Waals surface area contributed by atoms with Crippen LogP contribution in [0.5, 0.6) is 0 Å². The van der Waals surface area contributed by atoms with E-state index in [-0.39, 0.29) is 29.8 Å². The van der Waals surface area contributed by atoms with Crippen LogP contribution >= 0.6 is 0 Å². The number of likely N-dealkylation sites (tertiary alicyclic amines) is 2. The van der Waals surface area contributed by atoms with Crippen molar-refractivity contribution in [2.45, 2.75) is 43.9 Å². The number of aromatic nitrogens is 3. The van der Waals surface area contributed by atoms with Crippen molar-refractivity contribution in [2.24, 2.45) is 5.92 Å². The van der Waals surface area contributed by atoms with Gasteiger partial charge in [0.05, 0.1) is 24.0 Å². The molecule has 8 nitrogen and oxygen atoms in total. The first kappa shape index (κ1) is 26.3. The lowest BCUT2D eigenvalue weighted by molar-refractivity contribution is -0.142. The second-order valence-electron chi connectivity index (χ2n) is 11.2. The molecule has 2 unspecified atom stereocenters. The maximum Gasteiger partial charge on any atom is 0.279 e. The monoisotopic (exact) mass is 537 g/mol. The predicted octanol–water partition coefficient (Wildman–Crippen LogP) is 3.45. The molecule has 8 heteroatoms. The third kappa shape index (κ3) is 5.55. The van der Waals surface area contributed by atoms with Gasteiger partial charge >= 0.3 is 0 Å². The maximum atomic E-state index is 13.9. The molecule has 2 aromatic heterocycles. The van der Waals surface area contributed by atoms with Crippen LogP contribution in [-0.2, 0) is 17.9 Å². The van der Waals surface area contributed by atoms with E-state index in [0.717, 1.165) is 26.1 Å². The average molecular weight is 538 g/mol. The molecule has 206 valence electrons. The molecule has 1 N–H and O–H groups in total. The van der Waals surface area contributed by atoms with E-state index in [2.05, 4.69) is 51.3 Å².